The normalized spacial score (nSPS) is 14.2. The van der Waals surface area contributed by atoms with Gasteiger partial charge in [0.05, 0.1) is 4.90 Å². The zero-order valence-electron chi connectivity index (χ0n) is 32.8. The molecule has 1 aliphatic rings. The average Bonchev–Trinajstić information content (AvgIpc) is 3.18. The molecule has 2 amide bonds. The van der Waals surface area contributed by atoms with E-state index in [4.69, 9.17) is 11.6 Å². The van der Waals surface area contributed by atoms with E-state index in [1.54, 1.807) is 36.9 Å². The van der Waals surface area contributed by atoms with Gasteiger partial charge in [0.1, 0.15) is 0 Å². The van der Waals surface area contributed by atoms with Crippen molar-refractivity contribution in [1.82, 2.24) is 14.9 Å². The van der Waals surface area contributed by atoms with Crippen LogP contribution in [-0.2, 0) is 21.4 Å². The van der Waals surface area contributed by atoms with Crippen molar-refractivity contribution >= 4 is 56.6 Å². The van der Waals surface area contributed by atoms with Gasteiger partial charge in [-0.05, 0) is 117 Å². The lowest BCUT2D eigenvalue weighted by molar-refractivity contribution is -0.122. The highest BCUT2D eigenvalue weighted by atomic mass is 35.5. The minimum atomic E-state index is -4.16. The number of carbonyl (C=O) groups is 2. The number of halogens is 1. The molecule has 1 saturated heterocycles. The lowest BCUT2D eigenvalue weighted by atomic mass is 9.99. The summed E-state index contributed by atoms with van der Waals surface area (Å²) in [4.78, 5) is 31.9. The summed E-state index contributed by atoms with van der Waals surface area (Å²) in [5, 5.41) is 7.21. The Kier molecular flexibility index (Phi) is 13.7. The van der Waals surface area contributed by atoms with Crippen molar-refractivity contribution in [3.8, 4) is 11.1 Å². The number of nitrogens with one attached hydrogen (secondary N) is 3. The molecule has 0 radical (unpaired) electrons. The third-order valence-electron chi connectivity index (χ3n) is 9.67. The molecule has 0 aliphatic carbocycles. The largest absolute Gasteiger partial charge is 0.381 e. The molecule has 12 heteroatoms. The Bertz CT molecular complexity index is 2260. The minimum Gasteiger partial charge on any atom is -0.381 e. The molecule has 1 fully saturated rings. The van der Waals surface area contributed by atoms with E-state index in [9.17, 15) is 18.0 Å². The smallest absolute Gasteiger partial charge is 0.264 e. The van der Waals surface area contributed by atoms with Crippen LogP contribution in [0.1, 0.15) is 48.7 Å². The monoisotopic (exact) mass is 823 g/mol. The second kappa shape index (κ2) is 18.6. The molecule has 0 aromatic heterocycles. The summed E-state index contributed by atoms with van der Waals surface area (Å²) < 4.78 is 29.0. The van der Waals surface area contributed by atoms with Gasteiger partial charge >= 0.3 is 0 Å². The van der Waals surface area contributed by atoms with Crippen LogP contribution in [0.2, 0.25) is 5.02 Å². The third-order valence-corrected chi connectivity index (χ3v) is 12.4. The Morgan fingerprint density at radius 3 is 2.16 bits per heavy atom. The Morgan fingerprint density at radius 2 is 1.49 bits per heavy atom. The van der Waals surface area contributed by atoms with E-state index in [0.29, 0.717) is 17.0 Å². The minimum absolute atomic E-state index is 0.0233. The highest BCUT2D eigenvalue weighted by Crippen LogP contribution is 2.28. The second-order valence-corrected chi connectivity index (χ2v) is 18.6. The van der Waals surface area contributed by atoms with Crippen molar-refractivity contribution in [2.45, 2.75) is 62.0 Å². The fraction of sp³-hybridized carbons (Fsp3) is 0.289. The summed E-state index contributed by atoms with van der Waals surface area (Å²) in [6.45, 7) is 11.9. The molecule has 0 saturated carbocycles. The van der Waals surface area contributed by atoms with Crippen molar-refractivity contribution in [3.05, 3.63) is 143 Å². The summed E-state index contributed by atoms with van der Waals surface area (Å²) in [7, 11) is -4.16. The van der Waals surface area contributed by atoms with Crippen molar-refractivity contribution in [1.29, 1.82) is 0 Å². The summed E-state index contributed by atoms with van der Waals surface area (Å²) in [5.41, 5.74) is 5.86. The van der Waals surface area contributed by atoms with Crippen LogP contribution in [0, 0.1) is 6.92 Å². The summed E-state index contributed by atoms with van der Waals surface area (Å²) >= 11 is 7.77. The van der Waals surface area contributed by atoms with Gasteiger partial charge in [-0.2, -0.15) is 0 Å². The van der Waals surface area contributed by atoms with E-state index >= 15 is 0 Å². The second-order valence-electron chi connectivity index (χ2n) is 15.4. The molecule has 0 spiro atoms. The predicted molar refractivity (Wildman–Crippen MR) is 234 cm³/mol. The number of aryl methyl sites for hydroxylation is 1. The molecular formula is C45H50ClN5O4S2. The van der Waals surface area contributed by atoms with Gasteiger partial charge in [0, 0.05) is 83.3 Å². The number of piperazine rings is 1. The zero-order chi connectivity index (χ0) is 40.6. The van der Waals surface area contributed by atoms with Crippen LogP contribution in [-0.4, -0.2) is 68.6 Å². The molecule has 298 valence electrons. The number of carbonyl (C=O) groups excluding carboxylic acids is 2. The van der Waals surface area contributed by atoms with E-state index in [0.717, 1.165) is 53.9 Å². The standard InChI is InChI=1S/C45H50ClN5O4S2/c1-32-28-40(22-23-42(32)47-37(29-43(52)48-45(2,3)4)31-56-39-11-6-5-7-12-39)57(54,55)49-44(53)34-16-20-38(21-17-34)51-26-24-50(25-27-51)30-35-10-8-9-13-41(35)33-14-18-36(46)19-15-33/h5-23,28,37,47H,24-27,29-31H2,1-4H3,(H,48,52)(H,49,53)/t37-/m1/s1. The third kappa shape index (κ3) is 11.9. The van der Waals surface area contributed by atoms with Gasteiger partial charge in [-0.3, -0.25) is 14.5 Å². The number of benzene rings is 5. The quantitative estimate of drug-likeness (QED) is 0.0956. The Labute approximate surface area is 346 Å². The van der Waals surface area contributed by atoms with Crippen molar-refractivity contribution in [2.24, 2.45) is 0 Å². The lowest BCUT2D eigenvalue weighted by Gasteiger charge is -2.36. The maximum Gasteiger partial charge on any atom is 0.264 e. The topological polar surface area (TPSA) is 111 Å². The van der Waals surface area contributed by atoms with Crippen molar-refractivity contribution in [3.63, 3.8) is 0 Å². The maximum absolute atomic E-state index is 13.4. The number of rotatable bonds is 14. The van der Waals surface area contributed by atoms with Gasteiger partial charge < -0.3 is 15.5 Å². The van der Waals surface area contributed by atoms with Crippen molar-refractivity contribution in [2.75, 3.05) is 42.1 Å². The van der Waals surface area contributed by atoms with Gasteiger partial charge in [0.25, 0.3) is 15.9 Å². The first-order valence-corrected chi connectivity index (χ1v) is 21.9. The van der Waals surface area contributed by atoms with E-state index < -0.39 is 15.9 Å². The summed E-state index contributed by atoms with van der Waals surface area (Å²) in [6.07, 6.45) is 0.239. The molecule has 1 heterocycles. The molecule has 5 aromatic rings. The summed E-state index contributed by atoms with van der Waals surface area (Å²) in [5.74, 6) is -0.159. The van der Waals surface area contributed by atoms with E-state index in [-0.39, 0.29) is 34.4 Å². The molecule has 6 rings (SSSR count). The number of amides is 2. The van der Waals surface area contributed by atoms with Crippen LogP contribution in [0.3, 0.4) is 0 Å². The van der Waals surface area contributed by atoms with Gasteiger partial charge in [-0.15, -0.1) is 11.8 Å². The molecule has 57 heavy (non-hydrogen) atoms. The summed E-state index contributed by atoms with van der Waals surface area (Å²) in [6, 6.07) is 37.9. The highest BCUT2D eigenvalue weighted by molar-refractivity contribution is 7.99. The maximum atomic E-state index is 13.4. The van der Waals surface area contributed by atoms with Gasteiger partial charge in [-0.25, -0.2) is 13.1 Å². The van der Waals surface area contributed by atoms with Crippen LogP contribution in [0.4, 0.5) is 11.4 Å². The fourth-order valence-electron chi connectivity index (χ4n) is 6.78. The number of sulfonamides is 1. The molecule has 1 aliphatic heterocycles. The Hall–Kier alpha value is -4.81. The lowest BCUT2D eigenvalue weighted by Crippen LogP contribution is -2.46. The van der Waals surface area contributed by atoms with Gasteiger partial charge in [-0.1, -0.05) is 66.2 Å². The van der Waals surface area contributed by atoms with Gasteiger partial charge in [0.2, 0.25) is 5.91 Å². The van der Waals surface area contributed by atoms with E-state index in [2.05, 4.69) is 61.6 Å². The SMILES string of the molecule is Cc1cc(S(=O)(=O)NC(=O)c2ccc(N3CCN(Cc4ccccc4-c4ccc(Cl)cc4)CC3)cc2)ccc1N[C@@H](CSc1ccccc1)CC(=O)NC(C)(C)C. The molecule has 1 atom stereocenters. The van der Waals surface area contributed by atoms with Crippen LogP contribution in [0.15, 0.2) is 131 Å². The molecule has 9 nitrogen and oxygen atoms in total. The molecule has 0 unspecified atom stereocenters. The highest BCUT2D eigenvalue weighted by Gasteiger charge is 2.24. The van der Waals surface area contributed by atoms with E-state index in [1.807, 2.05) is 75.4 Å². The van der Waals surface area contributed by atoms with Crippen LogP contribution < -0.4 is 20.3 Å². The first kappa shape index (κ1) is 41.8. The number of nitrogens with zero attached hydrogens (tertiary/aromatic N) is 2. The van der Waals surface area contributed by atoms with Crippen LogP contribution in [0.25, 0.3) is 11.1 Å². The Morgan fingerprint density at radius 1 is 0.825 bits per heavy atom. The zero-order valence-corrected chi connectivity index (χ0v) is 35.2. The predicted octanol–water partition coefficient (Wildman–Crippen LogP) is 8.63. The fourth-order valence-corrected chi connectivity index (χ4v) is 8.91. The van der Waals surface area contributed by atoms with Crippen LogP contribution in [0.5, 0.6) is 0 Å². The Balaban J connectivity index is 1.04. The van der Waals surface area contributed by atoms with Gasteiger partial charge in [0.15, 0.2) is 0 Å². The van der Waals surface area contributed by atoms with Crippen molar-refractivity contribution < 1.29 is 18.0 Å². The van der Waals surface area contributed by atoms with E-state index in [1.165, 1.54) is 23.3 Å². The molecule has 0 bridgehead atoms. The number of hydrogen-bond acceptors (Lipinski definition) is 8. The first-order chi connectivity index (χ1) is 27.2. The molecular weight excluding hydrogens is 774 g/mol. The number of thioether (sulfide) groups is 1. The molecule has 3 N–H and O–H groups in total. The average molecular weight is 825 g/mol. The molecule has 5 aromatic carbocycles. The number of anilines is 2. The van der Waals surface area contributed by atoms with Crippen LogP contribution >= 0.6 is 23.4 Å². The number of hydrogen-bond donors (Lipinski definition) is 3. The first-order valence-electron chi connectivity index (χ1n) is 19.1.